The minimum absolute atomic E-state index is 0.296. The quantitative estimate of drug-likeness (QED) is 0.307. The Bertz CT molecular complexity index is 718. The van der Waals surface area contributed by atoms with Crippen LogP contribution in [0.3, 0.4) is 0 Å². The van der Waals surface area contributed by atoms with Gasteiger partial charge in [0.2, 0.25) is 0 Å². The summed E-state index contributed by atoms with van der Waals surface area (Å²) in [7, 11) is 0. The van der Waals surface area contributed by atoms with Crippen LogP contribution >= 0.6 is 0 Å². The normalized spacial score (nSPS) is 12.6. The molecule has 0 radical (unpaired) electrons. The molecule has 0 saturated carbocycles. The SMILES string of the molecule is CCCCCC[C@H](O)COC(c1ccccc1)(c1ccccc1)c1ccccc1. The first kappa shape index (κ1) is 21.3. The Morgan fingerprint density at radius 2 is 1.14 bits per heavy atom. The average Bonchev–Trinajstić information content (AvgIpc) is 2.79. The van der Waals surface area contributed by atoms with E-state index in [1.165, 1.54) is 12.8 Å². The number of aliphatic hydroxyl groups is 1. The monoisotopic (exact) mass is 388 g/mol. The van der Waals surface area contributed by atoms with Crippen LogP contribution in [0, 0.1) is 0 Å². The molecule has 0 heterocycles. The number of unbranched alkanes of at least 4 members (excludes halogenated alkanes) is 3. The van der Waals surface area contributed by atoms with E-state index >= 15 is 0 Å². The molecule has 2 heteroatoms. The molecule has 0 aromatic heterocycles. The summed E-state index contributed by atoms with van der Waals surface area (Å²) in [6, 6.07) is 30.9. The highest BCUT2D eigenvalue weighted by atomic mass is 16.5. The van der Waals surface area contributed by atoms with Crippen LogP contribution in [0.4, 0.5) is 0 Å². The van der Waals surface area contributed by atoms with Gasteiger partial charge in [0.05, 0.1) is 12.7 Å². The van der Waals surface area contributed by atoms with Crippen LogP contribution in [0.1, 0.15) is 55.7 Å². The molecular formula is C27H32O2. The lowest BCUT2D eigenvalue weighted by molar-refractivity contribution is -0.0405. The van der Waals surface area contributed by atoms with Gasteiger partial charge in [-0.1, -0.05) is 124 Å². The first-order chi connectivity index (χ1) is 14.3. The summed E-state index contributed by atoms with van der Waals surface area (Å²) < 4.78 is 6.66. The Morgan fingerprint density at radius 1 is 0.690 bits per heavy atom. The van der Waals surface area contributed by atoms with Gasteiger partial charge in [0.25, 0.3) is 0 Å². The second-order valence-corrected chi connectivity index (χ2v) is 7.59. The van der Waals surface area contributed by atoms with Crippen LogP contribution in [0.15, 0.2) is 91.0 Å². The van der Waals surface area contributed by atoms with E-state index in [1.807, 2.05) is 54.6 Å². The zero-order valence-corrected chi connectivity index (χ0v) is 17.3. The maximum absolute atomic E-state index is 10.6. The molecule has 3 rings (SSSR count). The van der Waals surface area contributed by atoms with Crippen molar-refractivity contribution < 1.29 is 9.84 Å². The summed E-state index contributed by atoms with van der Waals surface area (Å²) in [5.41, 5.74) is 2.44. The van der Waals surface area contributed by atoms with Gasteiger partial charge in [-0.3, -0.25) is 0 Å². The van der Waals surface area contributed by atoms with E-state index in [0.29, 0.717) is 6.61 Å². The van der Waals surface area contributed by atoms with Crippen molar-refractivity contribution in [3.8, 4) is 0 Å². The Balaban J connectivity index is 1.95. The Labute approximate surface area is 175 Å². The Kier molecular flexibility index (Phi) is 8.03. The predicted octanol–water partition coefficient (Wildman–Crippen LogP) is 6.33. The average molecular weight is 389 g/mol. The summed E-state index contributed by atoms with van der Waals surface area (Å²) in [6.07, 6.45) is 4.92. The molecule has 0 spiro atoms. The largest absolute Gasteiger partial charge is 0.391 e. The number of hydrogen-bond donors (Lipinski definition) is 1. The van der Waals surface area contributed by atoms with Crippen molar-refractivity contribution in [2.45, 2.75) is 50.7 Å². The van der Waals surface area contributed by atoms with Gasteiger partial charge in [-0.25, -0.2) is 0 Å². The van der Waals surface area contributed by atoms with Gasteiger partial charge in [-0.15, -0.1) is 0 Å². The summed E-state index contributed by atoms with van der Waals surface area (Å²) in [6.45, 7) is 2.50. The summed E-state index contributed by atoms with van der Waals surface area (Å²) in [5.74, 6) is 0. The molecule has 0 fully saturated rings. The number of ether oxygens (including phenoxy) is 1. The van der Waals surface area contributed by atoms with Crippen molar-refractivity contribution in [2.24, 2.45) is 0 Å². The number of rotatable bonds is 11. The minimum Gasteiger partial charge on any atom is -0.391 e. The van der Waals surface area contributed by atoms with Crippen LogP contribution < -0.4 is 0 Å². The third-order valence-corrected chi connectivity index (χ3v) is 5.42. The molecule has 0 amide bonds. The fourth-order valence-corrected chi connectivity index (χ4v) is 3.88. The van der Waals surface area contributed by atoms with Crippen LogP contribution in [0.2, 0.25) is 0 Å². The molecule has 1 atom stereocenters. The molecule has 0 unspecified atom stereocenters. The standard InChI is InChI=1S/C27H32O2/c1-2-3-4-14-21-26(28)22-29-27(23-15-8-5-9-16-23,24-17-10-6-11-18-24)25-19-12-7-13-20-25/h5-13,15-20,26,28H,2-4,14,21-22H2,1H3/t26-/m0/s1. The van der Waals surface area contributed by atoms with Gasteiger partial charge in [-0.05, 0) is 23.1 Å². The molecule has 1 N–H and O–H groups in total. The van der Waals surface area contributed by atoms with Crippen molar-refractivity contribution in [1.82, 2.24) is 0 Å². The highest BCUT2D eigenvalue weighted by molar-refractivity contribution is 5.47. The van der Waals surface area contributed by atoms with E-state index in [0.717, 1.165) is 36.0 Å². The molecule has 3 aromatic rings. The van der Waals surface area contributed by atoms with E-state index in [2.05, 4.69) is 43.3 Å². The number of hydrogen-bond acceptors (Lipinski definition) is 2. The first-order valence-electron chi connectivity index (χ1n) is 10.8. The molecule has 152 valence electrons. The molecule has 0 bridgehead atoms. The van der Waals surface area contributed by atoms with Crippen LogP contribution in [-0.2, 0) is 10.3 Å². The van der Waals surface area contributed by atoms with Gasteiger partial charge in [0.15, 0.2) is 0 Å². The molecule has 3 aromatic carbocycles. The lowest BCUT2D eigenvalue weighted by Crippen LogP contribution is -2.35. The molecule has 0 saturated heterocycles. The summed E-state index contributed by atoms with van der Waals surface area (Å²) in [5, 5.41) is 10.6. The Hall–Kier alpha value is -2.42. The second-order valence-electron chi connectivity index (χ2n) is 7.59. The van der Waals surface area contributed by atoms with Crippen molar-refractivity contribution in [2.75, 3.05) is 6.61 Å². The fourth-order valence-electron chi connectivity index (χ4n) is 3.88. The fraction of sp³-hybridized carbons (Fsp3) is 0.333. The van der Waals surface area contributed by atoms with Gasteiger partial charge < -0.3 is 9.84 Å². The minimum atomic E-state index is -0.756. The number of benzene rings is 3. The Morgan fingerprint density at radius 3 is 1.55 bits per heavy atom. The van der Waals surface area contributed by atoms with Gasteiger partial charge in [0.1, 0.15) is 5.60 Å². The molecule has 29 heavy (non-hydrogen) atoms. The topological polar surface area (TPSA) is 29.5 Å². The smallest absolute Gasteiger partial charge is 0.143 e. The number of aliphatic hydroxyl groups excluding tert-OH is 1. The van der Waals surface area contributed by atoms with E-state index in [-0.39, 0.29) is 0 Å². The van der Waals surface area contributed by atoms with Crippen molar-refractivity contribution >= 4 is 0 Å². The van der Waals surface area contributed by atoms with Crippen molar-refractivity contribution in [3.05, 3.63) is 108 Å². The third-order valence-electron chi connectivity index (χ3n) is 5.42. The highest BCUT2D eigenvalue weighted by Gasteiger charge is 2.37. The predicted molar refractivity (Wildman–Crippen MR) is 120 cm³/mol. The zero-order chi connectivity index (χ0) is 20.4. The van der Waals surface area contributed by atoms with Crippen molar-refractivity contribution in [1.29, 1.82) is 0 Å². The van der Waals surface area contributed by atoms with E-state index in [1.54, 1.807) is 0 Å². The lowest BCUT2D eigenvalue weighted by Gasteiger charge is -2.36. The highest BCUT2D eigenvalue weighted by Crippen LogP contribution is 2.40. The third kappa shape index (κ3) is 5.35. The van der Waals surface area contributed by atoms with Gasteiger partial charge in [-0.2, -0.15) is 0 Å². The van der Waals surface area contributed by atoms with Crippen molar-refractivity contribution in [3.63, 3.8) is 0 Å². The lowest BCUT2D eigenvalue weighted by atomic mass is 9.80. The van der Waals surface area contributed by atoms with Gasteiger partial charge >= 0.3 is 0 Å². The second kappa shape index (κ2) is 10.9. The van der Waals surface area contributed by atoms with Crippen LogP contribution in [0.25, 0.3) is 0 Å². The van der Waals surface area contributed by atoms with E-state index in [9.17, 15) is 5.11 Å². The zero-order valence-electron chi connectivity index (χ0n) is 17.3. The molecule has 0 aliphatic heterocycles. The summed E-state index contributed by atoms with van der Waals surface area (Å²) in [4.78, 5) is 0. The molecular weight excluding hydrogens is 356 g/mol. The maximum Gasteiger partial charge on any atom is 0.143 e. The molecule has 0 aliphatic rings. The van der Waals surface area contributed by atoms with E-state index < -0.39 is 11.7 Å². The van der Waals surface area contributed by atoms with Crippen LogP contribution in [-0.4, -0.2) is 17.8 Å². The molecule has 0 aliphatic carbocycles. The van der Waals surface area contributed by atoms with E-state index in [4.69, 9.17) is 4.74 Å². The maximum atomic E-state index is 10.6. The first-order valence-corrected chi connectivity index (χ1v) is 10.8. The summed E-state index contributed by atoms with van der Waals surface area (Å²) >= 11 is 0. The molecule has 2 nitrogen and oxygen atoms in total. The van der Waals surface area contributed by atoms with Crippen LogP contribution in [0.5, 0.6) is 0 Å². The van der Waals surface area contributed by atoms with Gasteiger partial charge in [0, 0.05) is 0 Å².